The van der Waals surface area contributed by atoms with Gasteiger partial charge in [-0.1, -0.05) is 24.3 Å². The second-order valence-corrected chi connectivity index (χ2v) is 6.82. The summed E-state index contributed by atoms with van der Waals surface area (Å²) in [5, 5.41) is 0. The molecule has 0 saturated carbocycles. The van der Waals surface area contributed by atoms with Gasteiger partial charge in [0.05, 0.1) is 0 Å². The third-order valence-corrected chi connectivity index (χ3v) is 5.10. The molecule has 1 saturated heterocycles. The average Bonchev–Trinajstić information content (AvgIpc) is 3.16. The lowest BCUT2D eigenvalue weighted by molar-refractivity contribution is -0.129. The van der Waals surface area contributed by atoms with Gasteiger partial charge < -0.3 is 4.74 Å². The van der Waals surface area contributed by atoms with Gasteiger partial charge in [0.1, 0.15) is 18.0 Å². The van der Waals surface area contributed by atoms with Gasteiger partial charge >= 0.3 is 6.09 Å². The van der Waals surface area contributed by atoms with Crippen LogP contribution in [0.15, 0.2) is 48.5 Å². The molecule has 2 atom stereocenters. The molecule has 4 rings (SSSR count). The third-order valence-electron chi connectivity index (χ3n) is 5.10. The zero-order valence-electron chi connectivity index (χ0n) is 14.6. The first-order valence-electron chi connectivity index (χ1n) is 8.94. The number of carbonyl (C=O) groups is 3. The molecule has 6 heteroatoms. The van der Waals surface area contributed by atoms with Crippen LogP contribution in [0.3, 0.4) is 0 Å². The number of imide groups is 1. The van der Waals surface area contributed by atoms with Crippen molar-refractivity contribution in [2.45, 2.75) is 37.8 Å². The number of amides is 2. The molecule has 5 nitrogen and oxygen atoms in total. The molecule has 0 radical (unpaired) electrons. The van der Waals surface area contributed by atoms with E-state index in [9.17, 15) is 18.8 Å². The topological polar surface area (TPSA) is 63.7 Å². The normalized spacial score (nSPS) is 20.2. The smallest absolute Gasteiger partial charge is 0.417 e. The van der Waals surface area contributed by atoms with Gasteiger partial charge in [0.15, 0.2) is 5.78 Å². The molecule has 2 aliphatic rings. The number of Topliss-reactive ketones (excluding diaryl/α,β-unsaturated/α-hetero) is 1. The van der Waals surface area contributed by atoms with E-state index in [2.05, 4.69) is 0 Å². The van der Waals surface area contributed by atoms with E-state index in [-0.39, 0.29) is 36.7 Å². The fraction of sp³-hybridized carbons (Fsp3) is 0.286. The first-order valence-corrected chi connectivity index (χ1v) is 8.94. The minimum Gasteiger partial charge on any atom is -0.443 e. The van der Waals surface area contributed by atoms with Crippen LogP contribution in [0.4, 0.5) is 9.18 Å². The Balaban J connectivity index is 1.39. The highest BCUT2D eigenvalue weighted by Crippen LogP contribution is 2.42. The fourth-order valence-electron chi connectivity index (χ4n) is 3.81. The Morgan fingerprint density at radius 2 is 1.81 bits per heavy atom. The predicted molar refractivity (Wildman–Crippen MR) is 94.6 cm³/mol. The number of rotatable bonds is 5. The maximum Gasteiger partial charge on any atom is 0.417 e. The van der Waals surface area contributed by atoms with Gasteiger partial charge in [-0.2, -0.15) is 0 Å². The summed E-state index contributed by atoms with van der Waals surface area (Å²) in [6, 6.07) is 12.6. The second-order valence-electron chi connectivity index (χ2n) is 6.82. The van der Waals surface area contributed by atoms with Gasteiger partial charge in [-0.05, 0) is 41.8 Å². The number of hydrogen-bond acceptors (Lipinski definition) is 4. The van der Waals surface area contributed by atoms with Crippen LogP contribution in [0, 0.1) is 5.82 Å². The zero-order chi connectivity index (χ0) is 19.0. The Morgan fingerprint density at radius 1 is 1.07 bits per heavy atom. The zero-order valence-corrected chi connectivity index (χ0v) is 14.6. The number of benzene rings is 2. The molecule has 0 bridgehead atoms. The summed E-state index contributed by atoms with van der Waals surface area (Å²) in [7, 11) is 0. The van der Waals surface area contributed by atoms with Crippen LogP contribution in [0.1, 0.15) is 46.8 Å². The molecule has 1 fully saturated rings. The van der Waals surface area contributed by atoms with Gasteiger partial charge in [-0.25, -0.2) is 14.1 Å². The van der Waals surface area contributed by atoms with E-state index in [1.807, 2.05) is 24.3 Å². The minimum absolute atomic E-state index is 0.0768. The van der Waals surface area contributed by atoms with Gasteiger partial charge in [-0.3, -0.25) is 9.59 Å². The van der Waals surface area contributed by atoms with Crippen LogP contribution in [-0.4, -0.2) is 28.8 Å². The van der Waals surface area contributed by atoms with Crippen molar-refractivity contribution < 1.29 is 23.5 Å². The lowest BCUT2D eigenvalue weighted by Gasteiger charge is -2.19. The number of ether oxygens (including phenoxy) is 1. The molecule has 2 aromatic carbocycles. The number of hydrogen-bond donors (Lipinski definition) is 0. The van der Waals surface area contributed by atoms with E-state index < -0.39 is 11.9 Å². The van der Waals surface area contributed by atoms with Crippen LogP contribution in [0.5, 0.6) is 0 Å². The van der Waals surface area contributed by atoms with Crippen LogP contribution >= 0.6 is 0 Å². The summed E-state index contributed by atoms with van der Waals surface area (Å²) in [4.78, 5) is 38.1. The van der Waals surface area contributed by atoms with Crippen molar-refractivity contribution >= 4 is 17.8 Å². The maximum atomic E-state index is 12.9. The monoisotopic (exact) mass is 367 g/mol. The van der Waals surface area contributed by atoms with Crippen LogP contribution in [0.2, 0.25) is 0 Å². The highest BCUT2D eigenvalue weighted by atomic mass is 19.1. The molecular weight excluding hydrogens is 349 g/mol. The van der Waals surface area contributed by atoms with Gasteiger partial charge in [0.25, 0.3) is 0 Å². The molecule has 138 valence electrons. The largest absolute Gasteiger partial charge is 0.443 e. The molecule has 1 aliphatic heterocycles. The predicted octanol–water partition coefficient (Wildman–Crippen LogP) is 3.82. The second kappa shape index (κ2) is 6.95. The first-order chi connectivity index (χ1) is 13.0. The van der Waals surface area contributed by atoms with Gasteiger partial charge in [0, 0.05) is 24.8 Å². The van der Waals surface area contributed by atoms with E-state index in [4.69, 9.17) is 4.74 Å². The summed E-state index contributed by atoms with van der Waals surface area (Å²) in [6.45, 7) is 0. The molecule has 0 unspecified atom stereocenters. The van der Waals surface area contributed by atoms with Crippen molar-refractivity contribution in [3.63, 3.8) is 0 Å². The number of carbonyl (C=O) groups excluding carboxylic acids is 3. The summed E-state index contributed by atoms with van der Waals surface area (Å²) in [6.07, 6.45) is 0.212. The van der Waals surface area contributed by atoms with Crippen molar-refractivity contribution in [3.05, 3.63) is 71.0 Å². The molecule has 2 aromatic rings. The Morgan fingerprint density at radius 3 is 2.59 bits per heavy atom. The molecule has 0 spiro atoms. The highest BCUT2D eigenvalue weighted by molar-refractivity contribution is 5.97. The Labute approximate surface area is 155 Å². The summed E-state index contributed by atoms with van der Waals surface area (Å²) < 4.78 is 18.3. The quantitative estimate of drug-likeness (QED) is 0.754. The van der Waals surface area contributed by atoms with Crippen molar-refractivity contribution in [2.75, 3.05) is 0 Å². The molecule has 0 aromatic heterocycles. The summed E-state index contributed by atoms with van der Waals surface area (Å²) in [5.41, 5.74) is 2.45. The minimum atomic E-state index is -0.616. The SMILES string of the molecule is O=C(CCCC(=O)N1C(=O)O[C@@H]2Cc3ccccc3[C@@H]21)c1ccc(F)cc1. The van der Waals surface area contributed by atoms with E-state index in [1.54, 1.807) is 0 Å². The van der Waals surface area contributed by atoms with E-state index >= 15 is 0 Å². The van der Waals surface area contributed by atoms with Crippen LogP contribution in [-0.2, 0) is 16.0 Å². The Kier molecular flexibility index (Phi) is 4.48. The molecule has 1 heterocycles. The lowest BCUT2D eigenvalue weighted by atomic mass is 10.0. The standard InChI is InChI=1S/C21H18FNO4/c22-15-10-8-13(9-11-15)17(24)6-3-7-19(25)23-20-16-5-2-1-4-14(16)12-18(20)27-21(23)26/h1-2,4-5,8-11,18,20H,3,6-7,12H2/t18-,20+/m1/s1. The van der Waals surface area contributed by atoms with Crippen molar-refractivity contribution in [1.29, 1.82) is 0 Å². The van der Waals surface area contributed by atoms with Gasteiger partial charge in [-0.15, -0.1) is 0 Å². The maximum absolute atomic E-state index is 12.9. The number of halogens is 1. The molecule has 27 heavy (non-hydrogen) atoms. The fourth-order valence-corrected chi connectivity index (χ4v) is 3.81. The third kappa shape index (κ3) is 3.23. The van der Waals surface area contributed by atoms with E-state index in [1.165, 1.54) is 29.2 Å². The van der Waals surface area contributed by atoms with Gasteiger partial charge in [0.2, 0.25) is 5.91 Å². The Bertz CT molecular complexity index is 909. The Hall–Kier alpha value is -3.02. The van der Waals surface area contributed by atoms with Crippen molar-refractivity contribution in [2.24, 2.45) is 0 Å². The molecule has 0 N–H and O–H groups in total. The van der Waals surface area contributed by atoms with Crippen LogP contribution in [0.25, 0.3) is 0 Å². The van der Waals surface area contributed by atoms with Crippen LogP contribution < -0.4 is 0 Å². The number of ketones is 1. The van der Waals surface area contributed by atoms with Crippen molar-refractivity contribution in [3.8, 4) is 0 Å². The summed E-state index contributed by atoms with van der Waals surface area (Å²) >= 11 is 0. The highest BCUT2D eigenvalue weighted by Gasteiger charge is 2.49. The van der Waals surface area contributed by atoms with E-state index in [0.717, 1.165) is 11.1 Å². The number of nitrogens with zero attached hydrogens (tertiary/aromatic N) is 1. The average molecular weight is 367 g/mol. The lowest BCUT2D eigenvalue weighted by Crippen LogP contribution is -2.34. The first kappa shape index (κ1) is 17.4. The molecule has 1 aliphatic carbocycles. The summed E-state index contributed by atoms with van der Waals surface area (Å²) in [5.74, 6) is -0.896. The van der Waals surface area contributed by atoms with E-state index in [0.29, 0.717) is 18.4 Å². The number of fused-ring (bicyclic) bond motifs is 3. The molecule has 2 amide bonds. The molecular formula is C21H18FNO4. The van der Waals surface area contributed by atoms with Crippen molar-refractivity contribution in [1.82, 2.24) is 4.90 Å².